The number of carboxylic acids is 1. The third-order valence-corrected chi connectivity index (χ3v) is 6.19. The summed E-state index contributed by atoms with van der Waals surface area (Å²) in [5.41, 5.74) is 4.43. The molecule has 0 spiro atoms. The highest BCUT2D eigenvalue weighted by molar-refractivity contribution is 5.86. The Morgan fingerprint density at radius 1 is 1.06 bits per heavy atom. The molecule has 3 N–H and O–H groups in total. The SMILES string of the molecule is C#CCC(NC(=O)OCC1c2ccccc2-c2ccccc21)C(=O)NCC(CC(=O)O)C(C)C. The van der Waals surface area contributed by atoms with Gasteiger partial charge in [-0.05, 0) is 34.1 Å². The molecule has 7 nitrogen and oxygen atoms in total. The predicted molar refractivity (Wildman–Crippen MR) is 129 cm³/mol. The normalized spacial score (nSPS) is 13.8. The number of carbonyl (C=O) groups excluding carboxylic acids is 2. The number of nitrogens with one attached hydrogen (secondary N) is 2. The van der Waals surface area contributed by atoms with E-state index in [1.807, 2.05) is 50.2 Å². The number of rotatable bonds is 10. The fourth-order valence-electron chi connectivity index (χ4n) is 4.23. The van der Waals surface area contributed by atoms with E-state index >= 15 is 0 Å². The number of ether oxygens (including phenoxy) is 1. The first-order valence-electron chi connectivity index (χ1n) is 11.4. The van der Waals surface area contributed by atoms with Gasteiger partial charge in [0.2, 0.25) is 5.91 Å². The Morgan fingerprint density at radius 2 is 1.65 bits per heavy atom. The molecule has 178 valence electrons. The Hall–Kier alpha value is -3.79. The summed E-state index contributed by atoms with van der Waals surface area (Å²) in [6.07, 6.45) is 4.59. The van der Waals surface area contributed by atoms with Crippen molar-refractivity contribution >= 4 is 18.0 Å². The second kappa shape index (κ2) is 11.4. The maximum absolute atomic E-state index is 12.6. The van der Waals surface area contributed by atoms with Crippen molar-refractivity contribution in [2.24, 2.45) is 11.8 Å². The predicted octanol–water partition coefficient (Wildman–Crippen LogP) is 3.78. The molecule has 2 amide bonds. The largest absolute Gasteiger partial charge is 0.481 e. The molecule has 7 heteroatoms. The van der Waals surface area contributed by atoms with Gasteiger partial charge in [0.25, 0.3) is 0 Å². The molecule has 0 aliphatic heterocycles. The summed E-state index contributed by atoms with van der Waals surface area (Å²) < 4.78 is 5.51. The Balaban J connectivity index is 1.60. The highest BCUT2D eigenvalue weighted by Gasteiger charge is 2.30. The van der Waals surface area contributed by atoms with Crippen LogP contribution in [-0.2, 0) is 14.3 Å². The van der Waals surface area contributed by atoms with Gasteiger partial charge in [-0.1, -0.05) is 62.4 Å². The lowest BCUT2D eigenvalue weighted by atomic mass is 9.92. The summed E-state index contributed by atoms with van der Waals surface area (Å²) in [7, 11) is 0. The molecule has 0 bridgehead atoms. The van der Waals surface area contributed by atoms with Gasteiger partial charge in [0, 0.05) is 18.9 Å². The van der Waals surface area contributed by atoms with Gasteiger partial charge in [0.05, 0.1) is 6.42 Å². The molecule has 2 aromatic carbocycles. The fourth-order valence-corrected chi connectivity index (χ4v) is 4.23. The molecule has 3 rings (SSSR count). The summed E-state index contributed by atoms with van der Waals surface area (Å²) in [4.78, 5) is 36.3. The van der Waals surface area contributed by atoms with Crippen LogP contribution < -0.4 is 10.6 Å². The van der Waals surface area contributed by atoms with E-state index in [0.29, 0.717) is 0 Å². The fraction of sp³-hybridized carbons (Fsp3) is 0.370. The lowest BCUT2D eigenvalue weighted by molar-refractivity contribution is -0.138. The van der Waals surface area contributed by atoms with Gasteiger partial charge < -0.3 is 20.5 Å². The minimum absolute atomic E-state index is 0.0126. The molecule has 0 fully saturated rings. The molecule has 0 saturated carbocycles. The minimum Gasteiger partial charge on any atom is -0.481 e. The van der Waals surface area contributed by atoms with Gasteiger partial charge in [0.1, 0.15) is 12.6 Å². The molecular weight excluding hydrogens is 432 g/mol. The van der Waals surface area contributed by atoms with Crippen LogP contribution in [0.25, 0.3) is 11.1 Å². The second-order valence-electron chi connectivity index (χ2n) is 8.78. The number of carboxylic acid groups (broad SMARTS) is 1. The van der Waals surface area contributed by atoms with Crippen LogP contribution in [0.15, 0.2) is 48.5 Å². The van der Waals surface area contributed by atoms with Crippen LogP contribution in [-0.4, -0.2) is 42.3 Å². The van der Waals surface area contributed by atoms with Crippen LogP contribution in [0.4, 0.5) is 4.79 Å². The van der Waals surface area contributed by atoms with E-state index in [-0.39, 0.29) is 43.7 Å². The molecule has 0 aromatic heterocycles. The topological polar surface area (TPSA) is 105 Å². The van der Waals surface area contributed by atoms with Gasteiger partial charge in [-0.25, -0.2) is 4.79 Å². The van der Waals surface area contributed by atoms with Crippen molar-refractivity contribution in [2.45, 2.75) is 38.6 Å². The van der Waals surface area contributed by atoms with E-state index in [4.69, 9.17) is 16.3 Å². The molecule has 1 aliphatic rings. The number of carbonyl (C=O) groups is 3. The maximum Gasteiger partial charge on any atom is 0.407 e. The summed E-state index contributed by atoms with van der Waals surface area (Å²) in [6, 6.07) is 15.1. The van der Waals surface area contributed by atoms with Crippen LogP contribution in [0.5, 0.6) is 0 Å². The number of alkyl carbamates (subject to hydrolysis) is 1. The first kappa shape index (κ1) is 24.8. The average Bonchev–Trinajstić information content (AvgIpc) is 3.13. The van der Waals surface area contributed by atoms with Gasteiger partial charge in [-0.15, -0.1) is 12.3 Å². The zero-order valence-electron chi connectivity index (χ0n) is 19.4. The first-order chi connectivity index (χ1) is 16.3. The van der Waals surface area contributed by atoms with Crippen LogP contribution in [0.2, 0.25) is 0 Å². The first-order valence-corrected chi connectivity index (χ1v) is 11.4. The standard InChI is InChI=1S/C27H30N2O5/c1-4-9-24(26(32)28-15-18(17(2)3)14-25(30)31)29-27(33)34-16-23-21-12-7-5-10-19(21)20-11-6-8-13-22(20)23/h1,5-8,10-13,17-18,23-24H,9,14-16H2,2-3H3,(H,28,32)(H,29,33)(H,30,31). The molecule has 34 heavy (non-hydrogen) atoms. The minimum atomic E-state index is -0.974. The molecule has 2 aromatic rings. The summed E-state index contributed by atoms with van der Waals surface area (Å²) in [6.45, 7) is 4.09. The molecule has 0 heterocycles. The maximum atomic E-state index is 12.6. The van der Waals surface area contributed by atoms with Crippen LogP contribution in [0.1, 0.15) is 43.7 Å². The lowest BCUT2D eigenvalue weighted by Crippen LogP contribution is -2.48. The van der Waals surface area contributed by atoms with Crippen LogP contribution in [0.3, 0.4) is 0 Å². The molecule has 2 atom stereocenters. The number of terminal acetylenes is 1. The highest BCUT2D eigenvalue weighted by Crippen LogP contribution is 2.44. The lowest BCUT2D eigenvalue weighted by Gasteiger charge is -2.22. The zero-order chi connectivity index (χ0) is 24.7. The van der Waals surface area contributed by atoms with Gasteiger partial charge >= 0.3 is 12.1 Å². The van der Waals surface area contributed by atoms with E-state index in [2.05, 4.69) is 28.7 Å². The van der Waals surface area contributed by atoms with Crippen molar-refractivity contribution in [1.29, 1.82) is 0 Å². The Kier molecular flexibility index (Phi) is 8.31. The van der Waals surface area contributed by atoms with Crippen molar-refractivity contribution in [2.75, 3.05) is 13.2 Å². The molecule has 0 saturated heterocycles. The zero-order valence-corrected chi connectivity index (χ0v) is 19.4. The van der Waals surface area contributed by atoms with Gasteiger partial charge in [0.15, 0.2) is 0 Å². The molecule has 2 unspecified atom stereocenters. The second-order valence-corrected chi connectivity index (χ2v) is 8.78. The highest BCUT2D eigenvalue weighted by atomic mass is 16.5. The van der Waals surface area contributed by atoms with Crippen LogP contribution >= 0.6 is 0 Å². The summed E-state index contributed by atoms with van der Waals surface area (Å²) in [5.74, 6) is 0.736. The average molecular weight is 463 g/mol. The Bertz CT molecular complexity index is 1040. The monoisotopic (exact) mass is 462 g/mol. The Morgan fingerprint density at radius 3 is 2.18 bits per heavy atom. The van der Waals surface area contributed by atoms with Gasteiger partial charge in [-0.3, -0.25) is 9.59 Å². The van der Waals surface area contributed by atoms with E-state index in [1.54, 1.807) is 0 Å². The van der Waals surface area contributed by atoms with Crippen molar-refractivity contribution in [3.8, 4) is 23.5 Å². The van der Waals surface area contributed by atoms with Crippen molar-refractivity contribution < 1.29 is 24.2 Å². The number of aliphatic carboxylic acids is 1. The van der Waals surface area contributed by atoms with Crippen molar-refractivity contribution in [1.82, 2.24) is 10.6 Å². The van der Waals surface area contributed by atoms with Crippen molar-refractivity contribution in [3.63, 3.8) is 0 Å². The van der Waals surface area contributed by atoms with Crippen molar-refractivity contribution in [3.05, 3.63) is 59.7 Å². The summed E-state index contributed by atoms with van der Waals surface area (Å²) >= 11 is 0. The molecule has 1 aliphatic carbocycles. The Labute approximate surface area is 199 Å². The quantitative estimate of drug-likeness (QED) is 0.466. The number of benzene rings is 2. The van der Waals surface area contributed by atoms with Gasteiger partial charge in [-0.2, -0.15) is 0 Å². The van der Waals surface area contributed by atoms with E-state index < -0.39 is 24.0 Å². The molecular formula is C27H30N2O5. The number of amides is 2. The number of hydrogen-bond donors (Lipinski definition) is 3. The summed E-state index contributed by atoms with van der Waals surface area (Å²) in [5, 5.41) is 14.3. The third kappa shape index (κ3) is 5.96. The van der Waals surface area contributed by atoms with Crippen LogP contribution in [0, 0.1) is 24.2 Å². The van der Waals surface area contributed by atoms with E-state index in [9.17, 15) is 14.4 Å². The third-order valence-electron chi connectivity index (χ3n) is 6.19. The number of fused-ring (bicyclic) bond motifs is 3. The van der Waals surface area contributed by atoms with E-state index in [0.717, 1.165) is 22.3 Å². The van der Waals surface area contributed by atoms with E-state index in [1.165, 1.54) is 0 Å². The smallest absolute Gasteiger partial charge is 0.407 e. The number of hydrogen-bond acceptors (Lipinski definition) is 4. The molecule has 0 radical (unpaired) electrons.